The molecule has 7 rings (SSSR count). The number of nitrogens with two attached hydrogens (primary N) is 1. The Kier molecular flexibility index (Phi) is 5.91. The van der Waals surface area contributed by atoms with Gasteiger partial charge >= 0.3 is 12.1 Å². The normalized spacial score (nSPS) is 27.4. The second kappa shape index (κ2) is 8.91. The third kappa shape index (κ3) is 4.26. The molecule has 0 aliphatic heterocycles. The molecule has 2 aromatic carbocycles. The van der Waals surface area contributed by atoms with Crippen LogP contribution in [0.25, 0.3) is 10.2 Å². The maximum absolute atomic E-state index is 14.3. The first-order valence-corrected chi connectivity index (χ1v) is 13.6. The van der Waals surface area contributed by atoms with Gasteiger partial charge in [-0.25, -0.2) is 4.98 Å². The van der Waals surface area contributed by atoms with Crippen molar-refractivity contribution >= 4 is 33.2 Å². The molecule has 0 radical (unpaired) electrons. The highest BCUT2D eigenvalue weighted by molar-refractivity contribution is 7.20. The number of hydrogen-bond acceptors (Lipinski definition) is 5. The van der Waals surface area contributed by atoms with E-state index in [1.807, 2.05) is 12.1 Å². The summed E-state index contributed by atoms with van der Waals surface area (Å²) in [7, 11) is 0. The Morgan fingerprint density at radius 3 is 2.14 bits per heavy atom. The van der Waals surface area contributed by atoms with Crippen molar-refractivity contribution in [2.75, 3.05) is 0 Å². The van der Waals surface area contributed by atoms with Gasteiger partial charge in [-0.2, -0.15) is 13.2 Å². The zero-order chi connectivity index (χ0) is 25.9. The number of hydrogen-bond donors (Lipinski definition) is 1. The Bertz CT molecular complexity index is 1280. The number of aromatic nitrogens is 1. The van der Waals surface area contributed by atoms with Crippen molar-refractivity contribution in [2.24, 2.45) is 23.5 Å². The summed E-state index contributed by atoms with van der Waals surface area (Å²) in [6.45, 7) is 0.261. The molecule has 4 aliphatic rings. The molecule has 0 saturated heterocycles. The molecule has 9 heteroatoms. The van der Waals surface area contributed by atoms with Crippen molar-refractivity contribution in [1.29, 1.82) is 0 Å². The van der Waals surface area contributed by atoms with Gasteiger partial charge in [-0.3, -0.25) is 9.59 Å². The average molecular weight is 528 g/mol. The molecule has 37 heavy (non-hydrogen) atoms. The Balaban J connectivity index is 1.52. The molecule has 1 unspecified atom stereocenters. The Labute approximate surface area is 216 Å². The molecule has 4 fully saturated rings. The summed E-state index contributed by atoms with van der Waals surface area (Å²) < 4.78 is 43.6. The number of carbonyl (C=O) groups excluding carboxylic acids is 2. The van der Waals surface area contributed by atoms with Crippen LogP contribution in [-0.2, 0) is 11.3 Å². The minimum Gasteiger partial charge on any atom is -0.326 e. The summed E-state index contributed by atoms with van der Waals surface area (Å²) in [6, 6.07) is 12.5. The topological polar surface area (TPSA) is 76.3 Å². The van der Waals surface area contributed by atoms with Crippen LogP contribution < -0.4 is 5.73 Å². The van der Waals surface area contributed by atoms with Crippen LogP contribution in [0.3, 0.4) is 0 Å². The van der Waals surface area contributed by atoms with E-state index in [0.29, 0.717) is 30.3 Å². The lowest BCUT2D eigenvalue weighted by molar-refractivity contribution is -0.203. The summed E-state index contributed by atoms with van der Waals surface area (Å²) in [5, 5.41) is 0.110. The molecule has 4 bridgehead atoms. The lowest BCUT2D eigenvalue weighted by Crippen LogP contribution is -2.65. The van der Waals surface area contributed by atoms with E-state index >= 15 is 0 Å². The molecule has 194 valence electrons. The van der Waals surface area contributed by atoms with Crippen molar-refractivity contribution in [2.45, 2.75) is 62.8 Å². The summed E-state index contributed by atoms with van der Waals surface area (Å²) >= 11 is 1.15. The van der Waals surface area contributed by atoms with Gasteiger partial charge in [-0.05, 0) is 79.5 Å². The van der Waals surface area contributed by atoms with Crippen LogP contribution in [0.1, 0.15) is 65.5 Å². The van der Waals surface area contributed by atoms with E-state index in [1.54, 1.807) is 36.4 Å². The maximum atomic E-state index is 14.3. The first kappa shape index (κ1) is 24.6. The third-order valence-electron chi connectivity index (χ3n) is 8.52. The molecule has 1 atom stereocenters. The van der Waals surface area contributed by atoms with Crippen LogP contribution in [0.5, 0.6) is 0 Å². The minimum atomic E-state index is -5.10. The zero-order valence-corrected chi connectivity index (χ0v) is 21.0. The SMILES string of the molecule is NCc1ccc(C(C(=O)c2nc3ccccc3s2)N(C(=O)C(F)(F)F)C23CC4CC(CC(C4)C2)C3)cc1. The number of para-hydroxylation sites is 1. The molecule has 5 nitrogen and oxygen atoms in total. The van der Waals surface area contributed by atoms with Gasteiger partial charge in [0.2, 0.25) is 5.78 Å². The molecule has 1 heterocycles. The fourth-order valence-electron chi connectivity index (χ4n) is 7.45. The number of alkyl halides is 3. The lowest BCUT2D eigenvalue weighted by atomic mass is 9.52. The molecule has 0 spiro atoms. The number of amides is 1. The van der Waals surface area contributed by atoms with Crippen LogP contribution in [-0.4, -0.2) is 33.3 Å². The second-order valence-electron chi connectivity index (χ2n) is 11.0. The van der Waals surface area contributed by atoms with Gasteiger partial charge in [0.05, 0.1) is 10.2 Å². The molecular formula is C28H28F3N3O2S. The van der Waals surface area contributed by atoms with Gasteiger partial charge in [-0.1, -0.05) is 36.4 Å². The third-order valence-corrected chi connectivity index (χ3v) is 9.57. The van der Waals surface area contributed by atoms with E-state index in [-0.39, 0.29) is 29.3 Å². The van der Waals surface area contributed by atoms with Crippen molar-refractivity contribution in [3.63, 3.8) is 0 Å². The number of carbonyl (C=O) groups is 2. The van der Waals surface area contributed by atoms with Gasteiger partial charge in [0, 0.05) is 12.1 Å². The Morgan fingerprint density at radius 2 is 1.59 bits per heavy atom. The molecule has 2 N–H and O–H groups in total. The fourth-order valence-corrected chi connectivity index (χ4v) is 8.38. The van der Waals surface area contributed by atoms with Crippen molar-refractivity contribution in [3.8, 4) is 0 Å². The van der Waals surface area contributed by atoms with E-state index in [1.165, 1.54) is 0 Å². The quantitative estimate of drug-likeness (QED) is 0.397. The van der Waals surface area contributed by atoms with Crippen LogP contribution in [0.2, 0.25) is 0 Å². The molecule has 4 saturated carbocycles. The summed E-state index contributed by atoms with van der Waals surface area (Å²) in [5.74, 6) is -1.65. The number of ketones is 1. The van der Waals surface area contributed by atoms with E-state index in [9.17, 15) is 22.8 Å². The predicted octanol–water partition coefficient (Wildman–Crippen LogP) is 6.04. The Morgan fingerprint density at radius 1 is 1.00 bits per heavy atom. The van der Waals surface area contributed by atoms with Gasteiger partial charge in [0.1, 0.15) is 6.04 Å². The van der Waals surface area contributed by atoms with Crippen molar-refractivity contribution in [3.05, 3.63) is 64.7 Å². The zero-order valence-electron chi connectivity index (χ0n) is 20.2. The number of fused-ring (bicyclic) bond motifs is 1. The largest absolute Gasteiger partial charge is 0.471 e. The second-order valence-corrected chi connectivity index (χ2v) is 12.0. The van der Waals surface area contributed by atoms with Crippen molar-refractivity contribution in [1.82, 2.24) is 9.88 Å². The monoisotopic (exact) mass is 527 g/mol. The van der Waals surface area contributed by atoms with Gasteiger partial charge in [0.25, 0.3) is 0 Å². The standard InChI is InChI=1S/C28H28F3N3O2S/c29-28(30,31)26(36)34(27-12-17-9-18(13-27)11-19(10-17)14-27)23(20-7-5-16(15-32)6-8-20)24(35)25-33-21-3-1-2-4-22(21)37-25/h1-8,17-19,23H,9-15,32H2. The van der Waals surface area contributed by atoms with E-state index < -0.39 is 29.4 Å². The molecule has 1 amide bonds. The van der Waals surface area contributed by atoms with E-state index in [2.05, 4.69) is 4.98 Å². The van der Waals surface area contributed by atoms with E-state index in [0.717, 1.165) is 45.8 Å². The first-order valence-electron chi connectivity index (χ1n) is 12.8. The summed E-state index contributed by atoms with van der Waals surface area (Å²) in [5.41, 5.74) is 6.51. The summed E-state index contributed by atoms with van der Waals surface area (Å²) in [4.78, 5) is 33.0. The highest BCUT2D eigenvalue weighted by atomic mass is 32.1. The van der Waals surface area contributed by atoms with E-state index in [4.69, 9.17) is 5.73 Å². The smallest absolute Gasteiger partial charge is 0.326 e. The summed E-state index contributed by atoms with van der Waals surface area (Å²) in [6.07, 6.45) is -0.604. The highest BCUT2D eigenvalue weighted by Gasteiger charge is 2.60. The fraction of sp³-hybridized carbons (Fsp3) is 0.464. The minimum absolute atomic E-state index is 0.110. The van der Waals surface area contributed by atoms with Crippen LogP contribution in [0.4, 0.5) is 13.2 Å². The van der Waals surface area contributed by atoms with Gasteiger partial charge < -0.3 is 10.6 Å². The van der Waals surface area contributed by atoms with Crippen LogP contribution >= 0.6 is 11.3 Å². The Hall–Kier alpha value is -2.78. The first-order chi connectivity index (χ1) is 17.7. The number of rotatable bonds is 6. The number of halogens is 3. The van der Waals surface area contributed by atoms with Crippen LogP contribution in [0, 0.1) is 17.8 Å². The highest BCUT2D eigenvalue weighted by Crippen LogP contribution is 2.59. The molecule has 4 aliphatic carbocycles. The molecular weight excluding hydrogens is 499 g/mol. The lowest BCUT2D eigenvalue weighted by Gasteiger charge is -2.61. The van der Waals surface area contributed by atoms with Gasteiger partial charge in [-0.15, -0.1) is 11.3 Å². The number of nitrogens with zero attached hydrogens (tertiary/aromatic N) is 2. The molecule has 1 aromatic heterocycles. The number of thiazole rings is 1. The predicted molar refractivity (Wildman–Crippen MR) is 135 cm³/mol. The maximum Gasteiger partial charge on any atom is 0.471 e. The van der Waals surface area contributed by atoms with Crippen LogP contribution in [0.15, 0.2) is 48.5 Å². The number of Topliss-reactive ketones (excluding diaryl/α,β-unsaturated/α-hetero) is 1. The average Bonchev–Trinajstić information content (AvgIpc) is 3.29. The van der Waals surface area contributed by atoms with Crippen molar-refractivity contribution < 1.29 is 22.8 Å². The van der Waals surface area contributed by atoms with Gasteiger partial charge in [0.15, 0.2) is 5.01 Å². The number of benzene rings is 2. The molecule has 3 aromatic rings.